The first-order valence-corrected chi connectivity index (χ1v) is 18.7. The second-order valence-electron chi connectivity index (χ2n) is 15.3. The van der Waals surface area contributed by atoms with E-state index < -0.39 is 59.3 Å². The van der Waals surface area contributed by atoms with Crippen LogP contribution in [-0.2, 0) is 23.9 Å². The molecule has 13 nitrogen and oxygen atoms in total. The van der Waals surface area contributed by atoms with Crippen LogP contribution in [-0.4, -0.2) is 90.9 Å². The Morgan fingerprint density at radius 2 is 1.62 bits per heavy atom. The summed E-state index contributed by atoms with van der Waals surface area (Å²) in [4.78, 5) is 81.7. The number of carbonyl (C=O) groups is 6. The van der Waals surface area contributed by atoms with Crippen molar-refractivity contribution in [2.75, 3.05) is 26.2 Å². The largest absolute Gasteiger partial charge is 0.447 e. The van der Waals surface area contributed by atoms with Gasteiger partial charge in [0.1, 0.15) is 18.7 Å². The molecule has 0 radical (unpaired) electrons. The fraction of sp³-hybridized carbons (Fsp3) is 0.784. The van der Waals surface area contributed by atoms with E-state index in [1.807, 2.05) is 27.7 Å². The highest BCUT2D eigenvalue weighted by Crippen LogP contribution is 2.34. The smallest absolute Gasteiger partial charge is 0.407 e. The van der Waals surface area contributed by atoms with Gasteiger partial charge < -0.3 is 36.2 Å². The molecule has 1 aliphatic heterocycles. The minimum absolute atomic E-state index is 0.0560. The van der Waals surface area contributed by atoms with Crippen LogP contribution >= 0.6 is 0 Å². The molecule has 0 aromatic heterocycles. The summed E-state index contributed by atoms with van der Waals surface area (Å²) in [5.74, 6) is -2.34. The van der Waals surface area contributed by atoms with E-state index in [1.54, 1.807) is 11.8 Å². The molecule has 1 saturated heterocycles. The second kappa shape index (κ2) is 20.9. The van der Waals surface area contributed by atoms with Crippen LogP contribution in [0, 0.1) is 23.2 Å². The van der Waals surface area contributed by atoms with E-state index in [0.717, 1.165) is 38.5 Å². The van der Waals surface area contributed by atoms with Crippen molar-refractivity contribution >= 4 is 35.6 Å². The first-order valence-electron chi connectivity index (χ1n) is 18.7. The van der Waals surface area contributed by atoms with Gasteiger partial charge in [-0.15, -0.1) is 6.58 Å². The quantitative estimate of drug-likeness (QED) is 0.105. The highest BCUT2D eigenvalue weighted by Gasteiger charge is 2.46. The Bertz CT molecular complexity index is 1160. The van der Waals surface area contributed by atoms with Crippen LogP contribution in [0.2, 0.25) is 0 Å². The molecule has 13 heteroatoms. The third-order valence-corrected chi connectivity index (χ3v) is 9.69. The number of nitrogens with one attached hydrogen (secondary N) is 5. The van der Waals surface area contributed by atoms with Crippen molar-refractivity contribution in [3.8, 4) is 0 Å². The molecule has 2 rings (SSSR count). The van der Waals surface area contributed by atoms with Gasteiger partial charge in [-0.05, 0) is 62.2 Å². The van der Waals surface area contributed by atoms with Gasteiger partial charge in [0.2, 0.25) is 17.6 Å². The average Bonchev–Trinajstić information content (AvgIpc) is 3.48. The Morgan fingerprint density at radius 3 is 2.20 bits per heavy atom. The van der Waals surface area contributed by atoms with E-state index in [9.17, 15) is 28.8 Å². The molecule has 0 bridgehead atoms. The number of alkyl carbamates (subject to hydrolysis) is 1. The number of carbonyl (C=O) groups excluding carboxylic acids is 6. The van der Waals surface area contributed by atoms with Crippen LogP contribution in [0.4, 0.5) is 9.59 Å². The molecule has 0 aromatic rings. The summed E-state index contributed by atoms with van der Waals surface area (Å²) in [5, 5.41) is 13.9. The second-order valence-corrected chi connectivity index (χ2v) is 15.3. The minimum atomic E-state index is -1.03. The number of hydrogen-bond acceptors (Lipinski definition) is 7. The van der Waals surface area contributed by atoms with Gasteiger partial charge >= 0.3 is 12.1 Å². The molecule has 0 spiro atoms. The maximum atomic E-state index is 14.6. The summed E-state index contributed by atoms with van der Waals surface area (Å²) in [7, 11) is 0. The summed E-state index contributed by atoms with van der Waals surface area (Å²) in [5.41, 5.74) is -0.468. The lowest BCUT2D eigenvalue weighted by Crippen LogP contribution is -2.61. The molecule has 1 saturated carbocycles. The maximum Gasteiger partial charge on any atom is 0.407 e. The van der Waals surface area contributed by atoms with Crippen LogP contribution in [0.3, 0.4) is 0 Å². The van der Waals surface area contributed by atoms with Crippen molar-refractivity contribution in [3.63, 3.8) is 0 Å². The average molecular weight is 705 g/mol. The topological polar surface area (TPSA) is 175 Å². The lowest BCUT2D eigenvalue weighted by Gasteiger charge is -2.37. The zero-order chi connectivity index (χ0) is 37.4. The zero-order valence-electron chi connectivity index (χ0n) is 31.5. The molecule has 1 heterocycles. The number of unbranched alkanes of at least 4 members (excludes halogenated alkanes) is 1. The number of rotatable bonds is 18. The SMILES string of the molecule is C=CCNC(=O)C(=O)C(CCCC)NC(=O)[C@@H]1[C@@H](CC(C)C)CCN1C(=O)[C@@H](NC(=O)N[C@H](COC(=O)NCC)C(C)(C)C)C1CCCCC1. The molecule has 5 N–H and O–H groups in total. The first-order chi connectivity index (χ1) is 23.6. The molecule has 1 aliphatic carbocycles. The highest BCUT2D eigenvalue weighted by molar-refractivity contribution is 6.38. The fourth-order valence-corrected chi connectivity index (χ4v) is 6.89. The standard InChI is InChI=1S/C37H64N6O7/c1-9-12-18-27(31(44)33(46)39-20-10-2)40-32(45)30-26(22-24(4)5)19-21-43(30)34(47)29(25-16-14-13-15-17-25)42-35(48)41-28(37(6,7)8)23-50-36(49)38-11-3/h10,24-30H,2,9,11-23H2,1,3-8H3,(H,38,49)(H,39,46)(H,40,45)(H2,41,42,48)/t26-,27?,28-,29+,30+/m1/s1. The number of hydrogen-bond donors (Lipinski definition) is 5. The molecule has 5 atom stereocenters. The predicted molar refractivity (Wildman–Crippen MR) is 193 cm³/mol. The molecule has 2 fully saturated rings. The summed E-state index contributed by atoms with van der Waals surface area (Å²) >= 11 is 0. The number of Topliss-reactive ketones (excluding diaryl/α,β-unsaturated/α-hetero) is 1. The van der Waals surface area contributed by atoms with Gasteiger partial charge in [0.25, 0.3) is 5.91 Å². The van der Waals surface area contributed by atoms with Gasteiger partial charge in [0.05, 0.1) is 12.1 Å². The maximum absolute atomic E-state index is 14.6. The van der Waals surface area contributed by atoms with E-state index in [4.69, 9.17) is 4.74 Å². The predicted octanol–water partition coefficient (Wildman–Crippen LogP) is 4.20. The lowest BCUT2D eigenvalue weighted by molar-refractivity contribution is -0.144. The van der Waals surface area contributed by atoms with Crippen LogP contribution in [0.1, 0.15) is 113 Å². The van der Waals surface area contributed by atoms with Crippen LogP contribution < -0.4 is 26.6 Å². The van der Waals surface area contributed by atoms with E-state index in [0.29, 0.717) is 38.8 Å². The molecular weight excluding hydrogens is 640 g/mol. The van der Waals surface area contributed by atoms with Crippen molar-refractivity contribution < 1.29 is 33.5 Å². The number of likely N-dealkylation sites (tertiary alicyclic amines) is 1. The van der Waals surface area contributed by atoms with Gasteiger partial charge in [0, 0.05) is 19.6 Å². The van der Waals surface area contributed by atoms with E-state index in [1.165, 1.54) is 6.08 Å². The molecule has 0 aromatic carbocycles. The van der Waals surface area contributed by atoms with Gasteiger partial charge in [-0.1, -0.05) is 79.7 Å². The number of ketones is 1. The van der Waals surface area contributed by atoms with Gasteiger partial charge in [-0.2, -0.15) is 0 Å². The molecule has 50 heavy (non-hydrogen) atoms. The normalized spacial score (nSPS) is 19.9. The van der Waals surface area contributed by atoms with Crippen molar-refractivity contribution in [1.29, 1.82) is 0 Å². The zero-order valence-corrected chi connectivity index (χ0v) is 31.5. The number of ether oxygens (including phenoxy) is 1. The van der Waals surface area contributed by atoms with Crippen LogP contribution in [0.5, 0.6) is 0 Å². The Kier molecular flexibility index (Phi) is 17.8. The molecule has 6 amide bonds. The summed E-state index contributed by atoms with van der Waals surface area (Å²) < 4.78 is 5.35. The molecule has 284 valence electrons. The third-order valence-electron chi connectivity index (χ3n) is 9.69. The number of urea groups is 1. The Labute approximate surface area is 299 Å². The summed E-state index contributed by atoms with van der Waals surface area (Å²) in [6.07, 6.45) is 8.29. The van der Waals surface area contributed by atoms with Crippen molar-refractivity contribution in [3.05, 3.63) is 12.7 Å². The van der Waals surface area contributed by atoms with Crippen LogP contribution in [0.25, 0.3) is 0 Å². The van der Waals surface area contributed by atoms with E-state index in [2.05, 4.69) is 47.0 Å². The Hall–Kier alpha value is -3.64. The van der Waals surface area contributed by atoms with Crippen molar-refractivity contribution in [2.24, 2.45) is 23.2 Å². The van der Waals surface area contributed by atoms with Crippen molar-refractivity contribution in [1.82, 2.24) is 31.5 Å². The Balaban J connectivity index is 2.37. The minimum Gasteiger partial charge on any atom is -0.447 e. The van der Waals surface area contributed by atoms with Gasteiger partial charge in [-0.25, -0.2) is 9.59 Å². The van der Waals surface area contributed by atoms with E-state index in [-0.39, 0.29) is 36.8 Å². The van der Waals surface area contributed by atoms with Crippen molar-refractivity contribution in [2.45, 2.75) is 137 Å². The Morgan fingerprint density at radius 1 is 0.940 bits per heavy atom. The number of nitrogens with zero attached hydrogens (tertiary/aromatic N) is 1. The summed E-state index contributed by atoms with van der Waals surface area (Å²) in [6, 6.07) is -3.87. The first kappa shape index (κ1) is 42.5. The van der Waals surface area contributed by atoms with Gasteiger partial charge in [0.15, 0.2) is 0 Å². The van der Waals surface area contributed by atoms with Crippen LogP contribution in [0.15, 0.2) is 12.7 Å². The summed E-state index contributed by atoms with van der Waals surface area (Å²) in [6.45, 7) is 18.0. The lowest BCUT2D eigenvalue weighted by atomic mass is 9.83. The van der Waals surface area contributed by atoms with E-state index >= 15 is 0 Å². The van der Waals surface area contributed by atoms with Gasteiger partial charge in [-0.3, -0.25) is 19.2 Å². The molecule has 2 aliphatic rings. The number of amides is 6. The molecular formula is C37H64N6O7. The highest BCUT2D eigenvalue weighted by atomic mass is 16.5. The third kappa shape index (κ3) is 13.2. The monoisotopic (exact) mass is 704 g/mol. The fourth-order valence-electron chi connectivity index (χ4n) is 6.89. The molecule has 1 unspecified atom stereocenters.